The zero-order chi connectivity index (χ0) is 13.3. The van der Waals surface area contributed by atoms with Crippen LogP contribution in [0.3, 0.4) is 0 Å². The standard InChI is InChI=1S/C12H9F3N2O/c13-12(14,15)9-2-1-3-10(4-9)17-6-8(5-16)11(18)7-17/h1-4,8H,6-7H2. The Morgan fingerprint density at radius 2 is 2.11 bits per heavy atom. The van der Waals surface area contributed by atoms with Crippen molar-refractivity contribution in [2.75, 3.05) is 18.0 Å². The van der Waals surface area contributed by atoms with Gasteiger partial charge in [0.15, 0.2) is 5.78 Å². The molecule has 1 atom stereocenters. The zero-order valence-corrected chi connectivity index (χ0v) is 9.24. The predicted molar refractivity (Wildman–Crippen MR) is 57.8 cm³/mol. The molecule has 1 unspecified atom stereocenters. The SMILES string of the molecule is N#CC1CN(c2cccc(C(F)(F)F)c2)CC1=O. The van der Waals surface area contributed by atoms with E-state index in [0.29, 0.717) is 5.69 Å². The Morgan fingerprint density at radius 3 is 2.67 bits per heavy atom. The van der Waals surface area contributed by atoms with Gasteiger partial charge in [-0.25, -0.2) is 0 Å². The molecule has 1 heterocycles. The number of Topliss-reactive ketones (excluding diaryl/α,β-unsaturated/α-hetero) is 1. The topological polar surface area (TPSA) is 44.1 Å². The fraction of sp³-hybridized carbons (Fsp3) is 0.333. The third-order valence-electron chi connectivity index (χ3n) is 2.83. The summed E-state index contributed by atoms with van der Waals surface area (Å²) in [4.78, 5) is 12.9. The molecule has 0 aromatic heterocycles. The fourth-order valence-corrected chi connectivity index (χ4v) is 1.87. The highest BCUT2D eigenvalue weighted by molar-refractivity contribution is 5.91. The minimum atomic E-state index is -4.41. The highest BCUT2D eigenvalue weighted by atomic mass is 19.4. The van der Waals surface area contributed by atoms with Gasteiger partial charge in [0.05, 0.1) is 18.2 Å². The van der Waals surface area contributed by atoms with Crippen molar-refractivity contribution in [1.29, 1.82) is 5.26 Å². The first kappa shape index (κ1) is 12.4. The van der Waals surface area contributed by atoms with Crippen molar-refractivity contribution in [3.05, 3.63) is 29.8 Å². The predicted octanol–water partition coefficient (Wildman–Crippen LogP) is 2.23. The molecule has 1 fully saturated rings. The second kappa shape index (κ2) is 4.33. The number of hydrogen-bond acceptors (Lipinski definition) is 3. The highest BCUT2D eigenvalue weighted by Crippen LogP contribution is 2.32. The number of alkyl halides is 3. The molecule has 1 aliphatic heterocycles. The number of nitrogens with zero attached hydrogens (tertiary/aromatic N) is 2. The Morgan fingerprint density at radius 1 is 1.39 bits per heavy atom. The smallest absolute Gasteiger partial charge is 0.362 e. The van der Waals surface area contributed by atoms with Crippen molar-refractivity contribution >= 4 is 11.5 Å². The van der Waals surface area contributed by atoms with Crippen molar-refractivity contribution in [1.82, 2.24) is 0 Å². The Hall–Kier alpha value is -2.03. The number of halogens is 3. The average molecular weight is 254 g/mol. The van der Waals surface area contributed by atoms with Crippen molar-refractivity contribution in [2.45, 2.75) is 6.18 Å². The summed E-state index contributed by atoms with van der Waals surface area (Å²) in [6.45, 7) is 0.135. The maximum atomic E-state index is 12.5. The van der Waals surface area contributed by atoms with Gasteiger partial charge < -0.3 is 4.90 Å². The lowest BCUT2D eigenvalue weighted by atomic mass is 10.1. The average Bonchev–Trinajstić information content (AvgIpc) is 2.70. The molecular weight excluding hydrogens is 245 g/mol. The van der Waals surface area contributed by atoms with E-state index in [1.165, 1.54) is 17.0 Å². The van der Waals surface area contributed by atoms with Gasteiger partial charge >= 0.3 is 6.18 Å². The van der Waals surface area contributed by atoms with Crippen molar-refractivity contribution < 1.29 is 18.0 Å². The van der Waals surface area contributed by atoms with Crippen molar-refractivity contribution in [2.24, 2.45) is 5.92 Å². The molecule has 0 amide bonds. The number of benzene rings is 1. The molecular formula is C12H9F3N2O. The van der Waals surface area contributed by atoms with Crippen LogP contribution in [-0.2, 0) is 11.0 Å². The first-order valence-electron chi connectivity index (χ1n) is 5.26. The van der Waals surface area contributed by atoms with Gasteiger partial charge in [0, 0.05) is 12.2 Å². The van der Waals surface area contributed by atoms with Crippen LogP contribution in [0.15, 0.2) is 24.3 Å². The summed E-state index contributed by atoms with van der Waals surface area (Å²) >= 11 is 0. The number of anilines is 1. The number of ketones is 1. The Kier molecular flexibility index (Phi) is 2.99. The van der Waals surface area contributed by atoms with Gasteiger partial charge in [0.2, 0.25) is 0 Å². The molecule has 2 rings (SSSR count). The van der Waals surface area contributed by atoms with Crippen LogP contribution in [0.5, 0.6) is 0 Å². The van der Waals surface area contributed by atoms with Crippen LogP contribution in [0, 0.1) is 17.2 Å². The zero-order valence-electron chi connectivity index (χ0n) is 9.24. The molecule has 1 saturated heterocycles. The summed E-state index contributed by atoms with van der Waals surface area (Å²) < 4.78 is 37.6. The third kappa shape index (κ3) is 2.30. The lowest BCUT2D eigenvalue weighted by molar-refractivity contribution is -0.137. The van der Waals surface area contributed by atoms with Gasteiger partial charge in [-0.05, 0) is 18.2 Å². The quantitative estimate of drug-likeness (QED) is 0.772. The second-order valence-electron chi connectivity index (χ2n) is 4.08. The minimum absolute atomic E-state index is 0.0143. The molecule has 18 heavy (non-hydrogen) atoms. The maximum absolute atomic E-state index is 12.5. The third-order valence-corrected chi connectivity index (χ3v) is 2.83. The molecule has 0 aliphatic carbocycles. The van der Waals surface area contributed by atoms with Gasteiger partial charge in [0.25, 0.3) is 0 Å². The second-order valence-corrected chi connectivity index (χ2v) is 4.08. The van der Waals surface area contributed by atoms with E-state index in [1.54, 1.807) is 0 Å². The maximum Gasteiger partial charge on any atom is 0.416 e. The summed E-state index contributed by atoms with van der Waals surface area (Å²) in [7, 11) is 0. The molecule has 0 N–H and O–H groups in total. The van der Waals surface area contributed by atoms with Crippen molar-refractivity contribution in [3.63, 3.8) is 0 Å². The molecule has 94 valence electrons. The minimum Gasteiger partial charge on any atom is -0.362 e. The summed E-state index contributed by atoms with van der Waals surface area (Å²) in [5.74, 6) is -1.01. The molecule has 0 spiro atoms. The van der Waals surface area contributed by atoms with Crippen LogP contribution < -0.4 is 4.90 Å². The fourth-order valence-electron chi connectivity index (χ4n) is 1.87. The first-order chi connectivity index (χ1) is 8.41. The van der Waals surface area contributed by atoms with Crippen LogP contribution in [0.4, 0.5) is 18.9 Å². The summed E-state index contributed by atoms with van der Waals surface area (Å²) in [5.41, 5.74) is -0.441. The number of nitriles is 1. The molecule has 0 radical (unpaired) electrons. The number of rotatable bonds is 1. The van der Waals surface area contributed by atoms with E-state index in [1.807, 2.05) is 6.07 Å². The van der Waals surface area contributed by atoms with E-state index < -0.39 is 17.7 Å². The Labute approximate surface area is 101 Å². The van der Waals surface area contributed by atoms with Gasteiger partial charge in [-0.15, -0.1) is 0 Å². The molecule has 6 heteroatoms. The summed E-state index contributed by atoms with van der Waals surface area (Å²) in [6, 6.07) is 6.61. The van der Waals surface area contributed by atoms with Crippen LogP contribution in [0.1, 0.15) is 5.56 Å². The molecule has 0 bridgehead atoms. The van der Waals surface area contributed by atoms with Crippen LogP contribution in [-0.4, -0.2) is 18.9 Å². The lowest BCUT2D eigenvalue weighted by Crippen LogP contribution is -2.20. The van der Waals surface area contributed by atoms with Gasteiger partial charge in [-0.2, -0.15) is 18.4 Å². The van der Waals surface area contributed by atoms with E-state index in [4.69, 9.17) is 5.26 Å². The molecule has 3 nitrogen and oxygen atoms in total. The molecule has 1 aromatic rings. The molecule has 1 aromatic carbocycles. The van der Waals surface area contributed by atoms with E-state index in [0.717, 1.165) is 12.1 Å². The van der Waals surface area contributed by atoms with Crippen molar-refractivity contribution in [3.8, 4) is 6.07 Å². The van der Waals surface area contributed by atoms with Gasteiger partial charge in [-0.1, -0.05) is 6.07 Å². The van der Waals surface area contributed by atoms with Crippen LogP contribution in [0.25, 0.3) is 0 Å². The van der Waals surface area contributed by atoms with E-state index >= 15 is 0 Å². The van der Waals surface area contributed by atoms with Crippen LogP contribution in [0.2, 0.25) is 0 Å². The highest BCUT2D eigenvalue weighted by Gasteiger charge is 2.33. The normalized spacial score (nSPS) is 20.0. The van der Waals surface area contributed by atoms with Crippen LogP contribution >= 0.6 is 0 Å². The monoisotopic (exact) mass is 254 g/mol. The summed E-state index contributed by atoms with van der Waals surface area (Å²) in [5, 5.41) is 8.71. The first-order valence-corrected chi connectivity index (χ1v) is 5.26. The Balaban J connectivity index is 2.26. The number of carbonyl (C=O) groups excluding carboxylic acids is 1. The van der Waals surface area contributed by atoms with E-state index in [9.17, 15) is 18.0 Å². The molecule has 1 aliphatic rings. The van der Waals surface area contributed by atoms with E-state index in [-0.39, 0.29) is 18.9 Å². The largest absolute Gasteiger partial charge is 0.416 e. The Bertz CT molecular complexity index is 519. The summed E-state index contributed by atoms with van der Waals surface area (Å²) in [6.07, 6.45) is -4.41. The van der Waals surface area contributed by atoms with E-state index in [2.05, 4.69) is 0 Å². The van der Waals surface area contributed by atoms with Gasteiger partial charge in [-0.3, -0.25) is 4.79 Å². The number of hydrogen-bond donors (Lipinski definition) is 0. The lowest BCUT2D eigenvalue weighted by Gasteiger charge is -2.18. The van der Waals surface area contributed by atoms with Gasteiger partial charge in [0.1, 0.15) is 5.92 Å². The number of carbonyl (C=O) groups is 1. The molecule has 0 saturated carbocycles.